The molecular formula is C13H17N5O2. The first-order valence-corrected chi connectivity index (χ1v) is 6.68. The molecule has 7 heteroatoms. The van der Waals surface area contributed by atoms with Crippen LogP contribution < -0.4 is 11.1 Å². The first-order valence-electron chi connectivity index (χ1n) is 6.68. The molecule has 2 aromatic heterocycles. The third kappa shape index (κ3) is 2.50. The van der Waals surface area contributed by atoms with Gasteiger partial charge in [0.15, 0.2) is 5.65 Å². The van der Waals surface area contributed by atoms with Crippen molar-refractivity contribution in [3.63, 3.8) is 0 Å². The Labute approximate surface area is 116 Å². The molecule has 3 N–H and O–H groups in total. The lowest BCUT2D eigenvalue weighted by molar-refractivity contribution is -0.119. The number of rotatable bonds is 3. The number of hydrogen-bond acceptors (Lipinski definition) is 5. The number of amides is 1. The van der Waals surface area contributed by atoms with E-state index in [0.29, 0.717) is 24.7 Å². The van der Waals surface area contributed by atoms with Crippen LogP contribution in [0.3, 0.4) is 0 Å². The minimum absolute atomic E-state index is 0.165. The molecule has 0 radical (unpaired) electrons. The molecule has 1 aliphatic rings. The van der Waals surface area contributed by atoms with Crippen LogP contribution in [-0.4, -0.2) is 39.8 Å². The zero-order valence-electron chi connectivity index (χ0n) is 11.0. The first kappa shape index (κ1) is 13.0. The number of aromatic nitrogens is 3. The maximum atomic E-state index is 12.2. The predicted octanol–water partition coefficient (Wildman–Crippen LogP) is 0.422. The minimum Gasteiger partial charge on any atom is -0.381 e. The zero-order valence-corrected chi connectivity index (χ0v) is 11.0. The number of nitrogens with zero attached hydrogens (tertiary/aromatic N) is 3. The summed E-state index contributed by atoms with van der Waals surface area (Å²) in [5.41, 5.74) is 6.73. The van der Waals surface area contributed by atoms with Gasteiger partial charge in [0.05, 0.1) is 12.2 Å². The van der Waals surface area contributed by atoms with Gasteiger partial charge in [-0.25, -0.2) is 4.98 Å². The molecule has 3 heterocycles. The van der Waals surface area contributed by atoms with E-state index in [0.717, 1.165) is 12.8 Å². The van der Waals surface area contributed by atoms with Crippen LogP contribution in [0.15, 0.2) is 24.5 Å². The largest absolute Gasteiger partial charge is 0.381 e. The Bertz CT molecular complexity index is 606. The topological polar surface area (TPSA) is 94.5 Å². The average molecular weight is 275 g/mol. The van der Waals surface area contributed by atoms with Crippen molar-refractivity contribution < 1.29 is 9.53 Å². The monoisotopic (exact) mass is 275 g/mol. The van der Waals surface area contributed by atoms with E-state index in [1.165, 1.54) is 0 Å². The van der Waals surface area contributed by atoms with Gasteiger partial charge in [-0.15, -0.1) is 0 Å². The SMILES string of the molecule is NC(C(=O)Nc1ccnc2ccnn12)C1CCOCC1. The minimum atomic E-state index is -0.530. The van der Waals surface area contributed by atoms with Crippen LogP contribution in [0.5, 0.6) is 0 Å². The normalized spacial score (nSPS) is 18.1. The molecule has 1 fully saturated rings. The van der Waals surface area contributed by atoms with E-state index in [2.05, 4.69) is 15.4 Å². The summed E-state index contributed by atoms with van der Waals surface area (Å²) in [6, 6.07) is 2.94. The van der Waals surface area contributed by atoms with E-state index < -0.39 is 6.04 Å². The zero-order chi connectivity index (χ0) is 13.9. The van der Waals surface area contributed by atoms with Crippen LogP contribution >= 0.6 is 0 Å². The quantitative estimate of drug-likeness (QED) is 0.846. The fourth-order valence-corrected chi connectivity index (χ4v) is 2.43. The molecule has 1 amide bonds. The lowest BCUT2D eigenvalue weighted by atomic mass is 9.92. The highest BCUT2D eigenvalue weighted by atomic mass is 16.5. The Kier molecular flexibility index (Phi) is 3.62. The summed E-state index contributed by atoms with van der Waals surface area (Å²) in [5, 5.41) is 6.95. The van der Waals surface area contributed by atoms with E-state index in [9.17, 15) is 4.79 Å². The first-order chi connectivity index (χ1) is 9.75. The van der Waals surface area contributed by atoms with Crippen LogP contribution in [0.1, 0.15) is 12.8 Å². The van der Waals surface area contributed by atoms with Gasteiger partial charge in [-0.05, 0) is 24.8 Å². The van der Waals surface area contributed by atoms with Crippen molar-refractivity contribution in [1.29, 1.82) is 0 Å². The second-order valence-corrected chi connectivity index (χ2v) is 4.90. The van der Waals surface area contributed by atoms with Gasteiger partial charge in [-0.3, -0.25) is 4.79 Å². The van der Waals surface area contributed by atoms with Crippen LogP contribution in [0.2, 0.25) is 0 Å². The van der Waals surface area contributed by atoms with Crippen molar-refractivity contribution in [2.24, 2.45) is 11.7 Å². The number of nitrogens with two attached hydrogens (primary N) is 1. The molecule has 1 aliphatic heterocycles. The van der Waals surface area contributed by atoms with Crippen molar-refractivity contribution in [2.75, 3.05) is 18.5 Å². The van der Waals surface area contributed by atoms with Crippen molar-refractivity contribution in [1.82, 2.24) is 14.6 Å². The third-order valence-corrected chi connectivity index (χ3v) is 3.62. The maximum absolute atomic E-state index is 12.2. The fourth-order valence-electron chi connectivity index (χ4n) is 2.43. The molecule has 0 aromatic carbocycles. The Morgan fingerprint density at radius 3 is 3.00 bits per heavy atom. The van der Waals surface area contributed by atoms with Crippen molar-refractivity contribution in [3.8, 4) is 0 Å². The summed E-state index contributed by atoms with van der Waals surface area (Å²) in [5.74, 6) is 0.547. The Morgan fingerprint density at radius 2 is 2.20 bits per heavy atom. The molecule has 7 nitrogen and oxygen atoms in total. The molecule has 0 spiro atoms. The number of anilines is 1. The van der Waals surface area contributed by atoms with Gasteiger partial charge in [0.1, 0.15) is 5.82 Å². The highest BCUT2D eigenvalue weighted by Gasteiger charge is 2.26. The van der Waals surface area contributed by atoms with Crippen LogP contribution in [0.4, 0.5) is 5.82 Å². The van der Waals surface area contributed by atoms with Gasteiger partial charge < -0.3 is 15.8 Å². The van der Waals surface area contributed by atoms with E-state index in [1.54, 1.807) is 29.0 Å². The van der Waals surface area contributed by atoms with E-state index in [4.69, 9.17) is 10.5 Å². The number of ether oxygens (including phenoxy) is 1. The smallest absolute Gasteiger partial charge is 0.242 e. The van der Waals surface area contributed by atoms with Gasteiger partial charge in [-0.1, -0.05) is 0 Å². The molecular weight excluding hydrogens is 258 g/mol. The summed E-state index contributed by atoms with van der Waals surface area (Å²) in [6.45, 7) is 1.34. The summed E-state index contributed by atoms with van der Waals surface area (Å²) < 4.78 is 6.86. The molecule has 20 heavy (non-hydrogen) atoms. The second-order valence-electron chi connectivity index (χ2n) is 4.90. The standard InChI is InChI=1S/C13H17N5O2/c14-12(9-3-7-20-8-4-9)13(19)17-11-1-5-15-10-2-6-16-18(10)11/h1-2,5-6,9,12H,3-4,7-8,14H2,(H,17,19). The molecule has 2 aromatic rings. The summed E-state index contributed by atoms with van der Waals surface area (Å²) in [6.07, 6.45) is 4.91. The average Bonchev–Trinajstić information content (AvgIpc) is 2.97. The maximum Gasteiger partial charge on any atom is 0.242 e. The molecule has 0 saturated carbocycles. The van der Waals surface area contributed by atoms with E-state index in [1.807, 2.05) is 0 Å². The van der Waals surface area contributed by atoms with Gasteiger partial charge in [0.2, 0.25) is 5.91 Å². The van der Waals surface area contributed by atoms with Gasteiger partial charge in [-0.2, -0.15) is 9.61 Å². The molecule has 3 rings (SSSR count). The number of nitrogens with one attached hydrogen (secondary N) is 1. The Morgan fingerprint density at radius 1 is 1.40 bits per heavy atom. The summed E-state index contributed by atoms with van der Waals surface area (Å²) in [7, 11) is 0. The summed E-state index contributed by atoms with van der Waals surface area (Å²) in [4.78, 5) is 16.4. The van der Waals surface area contributed by atoms with Crippen LogP contribution in [-0.2, 0) is 9.53 Å². The molecule has 1 atom stereocenters. The fraction of sp³-hybridized carbons (Fsp3) is 0.462. The Balaban J connectivity index is 1.73. The molecule has 106 valence electrons. The van der Waals surface area contributed by atoms with Gasteiger partial charge in [0.25, 0.3) is 0 Å². The lowest BCUT2D eigenvalue weighted by Crippen LogP contribution is -2.44. The van der Waals surface area contributed by atoms with Gasteiger partial charge >= 0.3 is 0 Å². The number of hydrogen-bond donors (Lipinski definition) is 2. The van der Waals surface area contributed by atoms with Crippen molar-refractivity contribution in [3.05, 3.63) is 24.5 Å². The second kappa shape index (κ2) is 5.56. The molecule has 0 bridgehead atoms. The van der Waals surface area contributed by atoms with Crippen molar-refractivity contribution >= 4 is 17.4 Å². The molecule has 1 saturated heterocycles. The molecule has 0 aliphatic carbocycles. The van der Waals surface area contributed by atoms with E-state index in [-0.39, 0.29) is 11.8 Å². The third-order valence-electron chi connectivity index (χ3n) is 3.62. The predicted molar refractivity (Wildman–Crippen MR) is 73.1 cm³/mol. The lowest BCUT2D eigenvalue weighted by Gasteiger charge is -2.26. The van der Waals surface area contributed by atoms with Gasteiger partial charge in [0, 0.05) is 25.5 Å². The highest BCUT2D eigenvalue weighted by molar-refractivity contribution is 5.94. The van der Waals surface area contributed by atoms with E-state index >= 15 is 0 Å². The number of carbonyl (C=O) groups excluding carboxylic acids is 1. The summed E-state index contributed by atoms with van der Waals surface area (Å²) >= 11 is 0. The number of fused-ring (bicyclic) bond motifs is 1. The van der Waals surface area contributed by atoms with Crippen LogP contribution in [0.25, 0.3) is 5.65 Å². The number of carbonyl (C=O) groups is 1. The molecule has 1 unspecified atom stereocenters. The van der Waals surface area contributed by atoms with Crippen molar-refractivity contribution in [2.45, 2.75) is 18.9 Å². The Hall–Kier alpha value is -1.99. The van der Waals surface area contributed by atoms with Crippen LogP contribution in [0, 0.1) is 5.92 Å². The highest BCUT2D eigenvalue weighted by Crippen LogP contribution is 2.19.